The second-order valence-electron chi connectivity index (χ2n) is 4.65. The Labute approximate surface area is 90.9 Å². The zero-order valence-corrected chi connectivity index (χ0v) is 9.53. The molecule has 0 spiro atoms. The van der Waals surface area contributed by atoms with Gasteiger partial charge in [0.2, 0.25) is 0 Å². The van der Waals surface area contributed by atoms with Crippen molar-refractivity contribution in [2.45, 2.75) is 46.0 Å². The third-order valence-corrected chi connectivity index (χ3v) is 3.60. The van der Waals surface area contributed by atoms with Gasteiger partial charge in [-0.15, -0.1) is 0 Å². The van der Waals surface area contributed by atoms with E-state index >= 15 is 0 Å². The standard InChI is InChI=1S/C12H20O3/c1-8(9(2)12(14)15)11(13)10-6-4-3-5-7-10/h8-10H,3-7H2,1-2H3,(H,14,15). The third-order valence-electron chi connectivity index (χ3n) is 3.60. The maximum atomic E-state index is 12.0. The van der Waals surface area contributed by atoms with Crippen molar-refractivity contribution in [1.29, 1.82) is 0 Å². The molecule has 86 valence electrons. The quantitative estimate of drug-likeness (QED) is 0.779. The third kappa shape index (κ3) is 3.05. The number of hydrogen-bond donors (Lipinski definition) is 1. The minimum atomic E-state index is -0.869. The molecule has 0 aromatic carbocycles. The molecular weight excluding hydrogens is 192 g/mol. The van der Waals surface area contributed by atoms with Crippen LogP contribution in [-0.2, 0) is 9.59 Å². The molecule has 2 atom stereocenters. The molecule has 1 aliphatic carbocycles. The lowest BCUT2D eigenvalue weighted by atomic mass is 9.78. The molecule has 0 heterocycles. The summed E-state index contributed by atoms with van der Waals surface area (Å²) in [4.78, 5) is 22.8. The first-order valence-electron chi connectivity index (χ1n) is 5.80. The van der Waals surface area contributed by atoms with Crippen LogP contribution in [0, 0.1) is 17.8 Å². The van der Waals surface area contributed by atoms with Crippen molar-refractivity contribution in [3.8, 4) is 0 Å². The van der Waals surface area contributed by atoms with E-state index in [-0.39, 0.29) is 17.6 Å². The fraction of sp³-hybridized carbons (Fsp3) is 0.833. The summed E-state index contributed by atoms with van der Waals surface area (Å²) in [6.45, 7) is 3.36. The summed E-state index contributed by atoms with van der Waals surface area (Å²) in [6, 6.07) is 0. The number of hydrogen-bond acceptors (Lipinski definition) is 2. The van der Waals surface area contributed by atoms with Gasteiger partial charge in [-0.05, 0) is 12.8 Å². The largest absolute Gasteiger partial charge is 0.481 e. The molecular formula is C12H20O3. The molecule has 0 saturated heterocycles. The monoisotopic (exact) mass is 212 g/mol. The molecule has 0 aliphatic heterocycles. The SMILES string of the molecule is CC(C(=O)O)C(C)C(=O)C1CCCCC1. The molecule has 2 unspecified atom stereocenters. The summed E-state index contributed by atoms with van der Waals surface area (Å²) in [5, 5.41) is 8.85. The van der Waals surface area contributed by atoms with E-state index in [0.717, 1.165) is 25.7 Å². The van der Waals surface area contributed by atoms with E-state index in [4.69, 9.17) is 5.11 Å². The normalized spacial score (nSPS) is 22.0. The predicted molar refractivity (Wildman–Crippen MR) is 57.5 cm³/mol. The van der Waals surface area contributed by atoms with Gasteiger partial charge in [0.15, 0.2) is 0 Å². The van der Waals surface area contributed by atoms with Crippen molar-refractivity contribution >= 4 is 11.8 Å². The van der Waals surface area contributed by atoms with Crippen molar-refractivity contribution in [1.82, 2.24) is 0 Å². The number of ketones is 1. The zero-order chi connectivity index (χ0) is 11.4. The maximum Gasteiger partial charge on any atom is 0.306 e. The summed E-state index contributed by atoms with van der Waals surface area (Å²) < 4.78 is 0. The number of Topliss-reactive ketones (excluding diaryl/α,β-unsaturated/α-hetero) is 1. The van der Waals surface area contributed by atoms with Crippen molar-refractivity contribution in [2.75, 3.05) is 0 Å². The van der Waals surface area contributed by atoms with Crippen LogP contribution in [0.15, 0.2) is 0 Å². The van der Waals surface area contributed by atoms with Gasteiger partial charge < -0.3 is 5.11 Å². The highest BCUT2D eigenvalue weighted by atomic mass is 16.4. The Morgan fingerprint density at radius 1 is 1.07 bits per heavy atom. The van der Waals surface area contributed by atoms with Gasteiger partial charge in [0.05, 0.1) is 5.92 Å². The van der Waals surface area contributed by atoms with Gasteiger partial charge in [0.1, 0.15) is 5.78 Å². The van der Waals surface area contributed by atoms with E-state index < -0.39 is 11.9 Å². The molecule has 0 aromatic heterocycles. The van der Waals surface area contributed by atoms with E-state index in [1.165, 1.54) is 6.42 Å². The second kappa shape index (κ2) is 5.29. The van der Waals surface area contributed by atoms with Gasteiger partial charge in [-0.2, -0.15) is 0 Å². The van der Waals surface area contributed by atoms with Gasteiger partial charge in [-0.1, -0.05) is 33.1 Å². The van der Waals surface area contributed by atoms with Gasteiger partial charge in [0, 0.05) is 11.8 Å². The lowest BCUT2D eigenvalue weighted by Gasteiger charge is -2.25. The highest BCUT2D eigenvalue weighted by molar-refractivity contribution is 5.87. The predicted octanol–water partition coefficient (Wildman–Crippen LogP) is 2.49. The average molecular weight is 212 g/mol. The molecule has 15 heavy (non-hydrogen) atoms. The molecule has 1 fully saturated rings. The van der Waals surface area contributed by atoms with Crippen LogP contribution in [0.4, 0.5) is 0 Å². The summed E-state index contributed by atoms with van der Waals surface area (Å²) >= 11 is 0. The first-order chi connectivity index (χ1) is 7.04. The number of rotatable bonds is 4. The molecule has 0 amide bonds. The summed E-state index contributed by atoms with van der Waals surface area (Å²) in [7, 11) is 0. The van der Waals surface area contributed by atoms with Gasteiger partial charge in [-0.25, -0.2) is 0 Å². The zero-order valence-electron chi connectivity index (χ0n) is 9.53. The van der Waals surface area contributed by atoms with Crippen LogP contribution in [0.2, 0.25) is 0 Å². The molecule has 1 N–H and O–H groups in total. The molecule has 1 saturated carbocycles. The summed E-state index contributed by atoms with van der Waals surface area (Å²) in [6.07, 6.45) is 5.35. The van der Waals surface area contributed by atoms with E-state index in [1.807, 2.05) is 0 Å². The molecule has 0 bridgehead atoms. The van der Waals surface area contributed by atoms with E-state index in [9.17, 15) is 9.59 Å². The molecule has 1 aliphatic rings. The first-order valence-corrected chi connectivity index (χ1v) is 5.80. The van der Waals surface area contributed by atoms with E-state index in [0.29, 0.717) is 0 Å². The van der Waals surface area contributed by atoms with Crippen LogP contribution >= 0.6 is 0 Å². The Balaban J connectivity index is 2.54. The Kier molecular flexibility index (Phi) is 4.30. The molecule has 3 heteroatoms. The van der Waals surface area contributed by atoms with Crippen LogP contribution in [0.25, 0.3) is 0 Å². The van der Waals surface area contributed by atoms with Gasteiger partial charge in [0.25, 0.3) is 0 Å². The van der Waals surface area contributed by atoms with Crippen LogP contribution in [0.5, 0.6) is 0 Å². The Morgan fingerprint density at radius 2 is 1.60 bits per heavy atom. The number of carbonyl (C=O) groups excluding carboxylic acids is 1. The smallest absolute Gasteiger partial charge is 0.306 e. The fourth-order valence-electron chi connectivity index (χ4n) is 2.22. The Hall–Kier alpha value is -0.860. The molecule has 1 rings (SSSR count). The number of carboxylic acids is 1. The van der Waals surface area contributed by atoms with E-state index in [2.05, 4.69) is 0 Å². The topological polar surface area (TPSA) is 54.4 Å². The maximum absolute atomic E-state index is 12.0. The number of aliphatic carboxylic acids is 1. The molecule has 3 nitrogen and oxygen atoms in total. The number of carboxylic acid groups (broad SMARTS) is 1. The summed E-state index contributed by atoms with van der Waals surface area (Å²) in [5.41, 5.74) is 0. The van der Waals surface area contributed by atoms with Crippen molar-refractivity contribution in [2.24, 2.45) is 17.8 Å². The average Bonchev–Trinajstić information content (AvgIpc) is 2.27. The van der Waals surface area contributed by atoms with Gasteiger partial charge >= 0.3 is 5.97 Å². The van der Waals surface area contributed by atoms with Crippen LogP contribution in [-0.4, -0.2) is 16.9 Å². The van der Waals surface area contributed by atoms with Crippen LogP contribution in [0.3, 0.4) is 0 Å². The number of carbonyl (C=O) groups is 2. The lowest BCUT2D eigenvalue weighted by molar-refractivity contribution is -0.146. The fourth-order valence-corrected chi connectivity index (χ4v) is 2.22. The summed E-state index contributed by atoms with van der Waals surface area (Å²) in [5.74, 6) is -1.49. The Bertz CT molecular complexity index is 241. The van der Waals surface area contributed by atoms with Gasteiger partial charge in [-0.3, -0.25) is 9.59 Å². The van der Waals surface area contributed by atoms with Crippen LogP contribution < -0.4 is 0 Å². The van der Waals surface area contributed by atoms with Crippen LogP contribution in [0.1, 0.15) is 46.0 Å². The van der Waals surface area contributed by atoms with Crippen molar-refractivity contribution < 1.29 is 14.7 Å². The highest BCUT2D eigenvalue weighted by Crippen LogP contribution is 2.28. The Morgan fingerprint density at radius 3 is 2.07 bits per heavy atom. The minimum absolute atomic E-state index is 0.121. The molecule has 0 aromatic rings. The molecule has 0 radical (unpaired) electrons. The highest BCUT2D eigenvalue weighted by Gasteiger charge is 2.31. The van der Waals surface area contributed by atoms with E-state index in [1.54, 1.807) is 13.8 Å². The first kappa shape index (κ1) is 12.2. The van der Waals surface area contributed by atoms with Crippen molar-refractivity contribution in [3.63, 3.8) is 0 Å². The minimum Gasteiger partial charge on any atom is -0.481 e. The van der Waals surface area contributed by atoms with Crippen molar-refractivity contribution in [3.05, 3.63) is 0 Å². The second-order valence-corrected chi connectivity index (χ2v) is 4.65. The lowest BCUT2D eigenvalue weighted by Crippen LogP contribution is -2.31.